The van der Waals surface area contributed by atoms with Crippen LogP contribution in [0.4, 0.5) is 0 Å². The summed E-state index contributed by atoms with van der Waals surface area (Å²) < 4.78 is 0. The molecule has 4 unspecified atom stereocenters. The zero-order chi connectivity index (χ0) is 13.4. The monoisotopic (exact) mass is 257 g/mol. The van der Waals surface area contributed by atoms with Crippen LogP contribution >= 0.6 is 0 Å². The van der Waals surface area contributed by atoms with E-state index in [0.29, 0.717) is 6.04 Å². The highest BCUT2D eigenvalue weighted by molar-refractivity contribution is 5.34. The molecule has 2 aliphatic rings. The predicted octanol–water partition coefficient (Wildman–Crippen LogP) is 4.39. The molecule has 2 aliphatic carbocycles. The highest BCUT2D eigenvalue weighted by Crippen LogP contribution is 2.52. The topological polar surface area (TPSA) is 12.0 Å². The van der Waals surface area contributed by atoms with Crippen molar-refractivity contribution < 1.29 is 0 Å². The van der Waals surface area contributed by atoms with Gasteiger partial charge in [-0.3, -0.25) is 0 Å². The first-order chi connectivity index (χ1) is 9.19. The maximum absolute atomic E-state index is 3.79. The lowest BCUT2D eigenvalue weighted by molar-refractivity contribution is 0.252. The van der Waals surface area contributed by atoms with E-state index in [9.17, 15) is 0 Å². The maximum Gasteiger partial charge on any atom is 0.0354 e. The van der Waals surface area contributed by atoms with Crippen LogP contribution in [0.3, 0.4) is 0 Å². The van der Waals surface area contributed by atoms with Gasteiger partial charge in [0, 0.05) is 6.04 Å². The van der Waals surface area contributed by atoms with E-state index in [4.69, 9.17) is 0 Å². The standard InChI is InChI=1S/C18H27N/c1-4-19-18(16-9-12(2)5-6-13(16)3)17-11-14-7-8-15(17)10-14/h5-6,9,14-15,17-19H,4,7-8,10-11H2,1-3H3. The van der Waals surface area contributed by atoms with E-state index < -0.39 is 0 Å². The molecule has 3 rings (SSSR count). The van der Waals surface area contributed by atoms with Crippen LogP contribution in [0.2, 0.25) is 0 Å². The van der Waals surface area contributed by atoms with Crippen LogP contribution in [0.25, 0.3) is 0 Å². The molecule has 4 atom stereocenters. The van der Waals surface area contributed by atoms with E-state index in [1.165, 1.54) is 36.8 Å². The van der Waals surface area contributed by atoms with Gasteiger partial charge in [0.25, 0.3) is 0 Å². The third kappa shape index (κ3) is 2.45. The van der Waals surface area contributed by atoms with Gasteiger partial charge in [0.1, 0.15) is 0 Å². The fourth-order valence-electron chi connectivity index (χ4n) is 4.51. The number of rotatable bonds is 4. The van der Waals surface area contributed by atoms with E-state index in [2.05, 4.69) is 44.3 Å². The zero-order valence-electron chi connectivity index (χ0n) is 12.6. The number of fused-ring (bicyclic) bond motifs is 2. The van der Waals surface area contributed by atoms with Crippen molar-refractivity contribution in [1.82, 2.24) is 5.32 Å². The molecule has 2 fully saturated rings. The van der Waals surface area contributed by atoms with E-state index in [0.717, 1.165) is 24.3 Å². The van der Waals surface area contributed by atoms with Crippen molar-refractivity contribution in [2.75, 3.05) is 6.54 Å². The van der Waals surface area contributed by atoms with Gasteiger partial charge < -0.3 is 5.32 Å². The van der Waals surface area contributed by atoms with Gasteiger partial charge in [-0.05, 0) is 68.5 Å². The molecule has 1 N–H and O–H groups in total. The molecule has 0 amide bonds. The lowest BCUT2D eigenvalue weighted by atomic mass is 9.79. The number of nitrogens with one attached hydrogen (secondary N) is 1. The van der Waals surface area contributed by atoms with Crippen molar-refractivity contribution in [3.8, 4) is 0 Å². The molecule has 104 valence electrons. The molecule has 19 heavy (non-hydrogen) atoms. The summed E-state index contributed by atoms with van der Waals surface area (Å²) in [5.41, 5.74) is 4.41. The van der Waals surface area contributed by atoms with Crippen molar-refractivity contribution >= 4 is 0 Å². The summed E-state index contributed by atoms with van der Waals surface area (Å²) in [5, 5.41) is 3.79. The largest absolute Gasteiger partial charge is 0.310 e. The Morgan fingerprint density at radius 1 is 1.21 bits per heavy atom. The van der Waals surface area contributed by atoms with Crippen LogP contribution in [0, 0.1) is 31.6 Å². The molecule has 0 aromatic heterocycles. The fourth-order valence-corrected chi connectivity index (χ4v) is 4.51. The highest BCUT2D eigenvalue weighted by atomic mass is 14.9. The fraction of sp³-hybridized carbons (Fsp3) is 0.667. The Morgan fingerprint density at radius 2 is 2.05 bits per heavy atom. The van der Waals surface area contributed by atoms with Crippen molar-refractivity contribution in [2.45, 2.75) is 52.5 Å². The number of benzene rings is 1. The third-order valence-electron chi connectivity index (χ3n) is 5.41. The average molecular weight is 257 g/mol. The van der Waals surface area contributed by atoms with Crippen LogP contribution < -0.4 is 5.32 Å². The Labute approximate surface area is 117 Å². The first-order valence-corrected chi connectivity index (χ1v) is 7.99. The van der Waals surface area contributed by atoms with E-state index in [1.807, 2.05) is 0 Å². The number of hydrogen-bond donors (Lipinski definition) is 1. The minimum atomic E-state index is 0.584. The van der Waals surface area contributed by atoms with Gasteiger partial charge in [-0.1, -0.05) is 37.1 Å². The van der Waals surface area contributed by atoms with Crippen molar-refractivity contribution in [1.29, 1.82) is 0 Å². The normalized spacial score (nSPS) is 30.8. The van der Waals surface area contributed by atoms with Gasteiger partial charge in [0.2, 0.25) is 0 Å². The summed E-state index contributed by atoms with van der Waals surface area (Å²) in [6, 6.07) is 7.53. The Kier molecular flexibility index (Phi) is 3.66. The van der Waals surface area contributed by atoms with Gasteiger partial charge in [-0.25, -0.2) is 0 Å². The summed E-state index contributed by atoms with van der Waals surface area (Å²) in [5.74, 6) is 2.88. The predicted molar refractivity (Wildman–Crippen MR) is 81.3 cm³/mol. The van der Waals surface area contributed by atoms with E-state index >= 15 is 0 Å². The van der Waals surface area contributed by atoms with Crippen molar-refractivity contribution in [3.05, 3.63) is 34.9 Å². The Morgan fingerprint density at radius 3 is 2.68 bits per heavy atom. The smallest absolute Gasteiger partial charge is 0.0354 e. The molecule has 0 spiro atoms. The Bertz CT molecular complexity index is 451. The summed E-state index contributed by atoms with van der Waals surface area (Å²) in [6.45, 7) is 7.80. The van der Waals surface area contributed by atoms with Crippen LogP contribution in [-0.4, -0.2) is 6.54 Å². The van der Waals surface area contributed by atoms with Crippen LogP contribution in [0.5, 0.6) is 0 Å². The Balaban J connectivity index is 1.90. The SMILES string of the molecule is CCNC(c1cc(C)ccc1C)C1CC2CCC1C2. The second-order valence-electron chi connectivity index (χ2n) is 6.73. The number of aryl methyl sites for hydroxylation is 2. The molecule has 0 heterocycles. The van der Waals surface area contributed by atoms with Gasteiger partial charge >= 0.3 is 0 Å². The third-order valence-corrected chi connectivity index (χ3v) is 5.41. The van der Waals surface area contributed by atoms with Crippen LogP contribution in [0.1, 0.15) is 55.3 Å². The lowest BCUT2D eigenvalue weighted by Crippen LogP contribution is -2.32. The molecule has 1 nitrogen and oxygen atoms in total. The van der Waals surface area contributed by atoms with Gasteiger partial charge in [-0.2, -0.15) is 0 Å². The molecular formula is C18H27N. The molecule has 0 saturated heterocycles. The first kappa shape index (κ1) is 13.2. The lowest BCUT2D eigenvalue weighted by Gasteiger charge is -2.32. The molecule has 2 bridgehead atoms. The quantitative estimate of drug-likeness (QED) is 0.843. The molecule has 1 aromatic carbocycles. The summed E-state index contributed by atoms with van der Waals surface area (Å²) in [7, 11) is 0. The second-order valence-corrected chi connectivity index (χ2v) is 6.73. The molecular weight excluding hydrogens is 230 g/mol. The molecule has 1 aromatic rings. The zero-order valence-corrected chi connectivity index (χ0v) is 12.6. The maximum atomic E-state index is 3.79. The van der Waals surface area contributed by atoms with Gasteiger partial charge in [-0.15, -0.1) is 0 Å². The molecule has 2 saturated carbocycles. The van der Waals surface area contributed by atoms with Gasteiger partial charge in [0.05, 0.1) is 0 Å². The average Bonchev–Trinajstić information content (AvgIpc) is 3.01. The minimum Gasteiger partial charge on any atom is -0.310 e. The van der Waals surface area contributed by atoms with E-state index in [1.54, 1.807) is 5.56 Å². The molecule has 0 radical (unpaired) electrons. The molecule has 0 aliphatic heterocycles. The second kappa shape index (κ2) is 5.28. The highest BCUT2D eigenvalue weighted by Gasteiger charge is 2.43. The summed E-state index contributed by atoms with van der Waals surface area (Å²) in [4.78, 5) is 0. The molecule has 1 heteroatoms. The van der Waals surface area contributed by atoms with Crippen LogP contribution in [0.15, 0.2) is 18.2 Å². The number of hydrogen-bond acceptors (Lipinski definition) is 1. The minimum absolute atomic E-state index is 0.584. The first-order valence-electron chi connectivity index (χ1n) is 7.99. The Hall–Kier alpha value is -0.820. The van der Waals surface area contributed by atoms with Crippen molar-refractivity contribution in [2.24, 2.45) is 17.8 Å². The summed E-state index contributed by atoms with van der Waals surface area (Å²) in [6.07, 6.45) is 5.92. The van der Waals surface area contributed by atoms with E-state index in [-0.39, 0.29) is 0 Å². The summed E-state index contributed by atoms with van der Waals surface area (Å²) >= 11 is 0. The van der Waals surface area contributed by atoms with Crippen molar-refractivity contribution in [3.63, 3.8) is 0 Å². The van der Waals surface area contributed by atoms with Crippen LogP contribution in [-0.2, 0) is 0 Å². The van der Waals surface area contributed by atoms with Gasteiger partial charge in [0.15, 0.2) is 0 Å².